The van der Waals surface area contributed by atoms with Gasteiger partial charge in [-0.25, -0.2) is 4.39 Å². The molecule has 0 radical (unpaired) electrons. The fourth-order valence-corrected chi connectivity index (χ4v) is 3.18. The van der Waals surface area contributed by atoms with Crippen LogP contribution in [0.1, 0.15) is 46.0 Å². The second-order valence-corrected chi connectivity index (χ2v) is 6.72. The molecular formula is C16H25ClFN3. The molecular weight excluding hydrogens is 289 g/mol. The number of nitrogen functional groups attached to an aromatic ring is 2. The lowest BCUT2D eigenvalue weighted by molar-refractivity contribution is 0.517. The van der Waals surface area contributed by atoms with E-state index in [1.165, 1.54) is 12.8 Å². The van der Waals surface area contributed by atoms with E-state index in [4.69, 9.17) is 23.1 Å². The summed E-state index contributed by atoms with van der Waals surface area (Å²) in [5.74, 6) is 0.0762. The van der Waals surface area contributed by atoms with Crippen molar-refractivity contribution in [3.05, 3.63) is 16.9 Å². The summed E-state index contributed by atoms with van der Waals surface area (Å²) >= 11 is 5.99. The van der Waals surface area contributed by atoms with Gasteiger partial charge in [-0.05, 0) is 31.2 Å². The van der Waals surface area contributed by atoms with Crippen molar-refractivity contribution in [2.45, 2.75) is 52.0 Å². The third-order valence-corrected chi connectivity index (χ3v) is 4.62. The van der Waals surface area contributed by atoms with Crippen LogP contribution in [0.15, 0.2) is 6.07 Å². The predicted molar refractivity (Wildman–Crippen MR) is 89.3 cm³/mol. The fourth-order valence-electron chi connectivity index (χ4n) is 3.04. The molecule has 1 aromatic carbocycles. The van der Waals surface area contributed by atoms with Crippen LogP contribution < -0.4 is 16.4 Å². The van der Waals surface area contributed by atoms with Gasteiger partial charge >= 0.3 is 0 Å². The number of benzene rings is 1. The molecule has 3 nitrogen and oxygen atoms in total. The van der Waals surface area contributed by atoms with Gasteiger partial charge in [0.1, 0.15) is 5.02 Å². The van der Waals surface area contributed by atoms with Gasteiger partial charge in [-0.3, -0.25) is 0 Å². The molecule has 1 aromatic rings. The van der Waals surface area contributed by atoms with E-state index in [0.29, 0.717) is 23.3 Å². The van der Waals surface area contributed by atoms with Gasteiger partial charge in [0.15, 0.2) is 5.82 Å². The standard InChI is InChI=1S/C16H25ClFN3/c1-10(2)7-8-21(11-5-3-4-6-11)16-13(20)9-12(19)14(17)15(16)18/h9-11H,3-8,19-20H2,1-2H3. The van der Waals surface area contributed by atoms with Crippen LogP contribution in [0.3, 0.4) is 0 Å². The Labute approximate surface area is 131 Å². The molecule has 1 aliphatic rings. The number of nitrogens with two attached hydrogens (primary N) is 2. The van der Waals surface area contributed by atoms with Crippen molar-refractivity contribution in [2.24, 2.45) is 5.92 Å². The van der Waals surface area contributed by atoms with Gasteiger partial charge in [-0.1, -0.05) is 38.3 Å². The summed E-state index contributed by atoms with van der Waals surface area (Å²) in [6.45, 7) is 5.13. The Morgan fingerprint density at radius 3 is 2.48 bits per heavy atom. The predicted octanol–water partition coefficient (Wildman–Crippen LogP) is 4.44. The third-order valence-electron chi connectivity index (χ3n) is 4.24. The fraction of sp³-hybridized carbons (Fsp3) is 0.625. The summed E-state index contributed by atoms with van der Waals surface area (Å²) in [5.41, 5.74) is 12.8. The van der Waals surface area contributed by atoms with Crippen molar-refractivity contribution in [2.75, 3.05) is 22.9 Å². The monoisotopic (exact) mass is 313 g/mol. The van der Waals surface area contributed by atoms with Crippen molar-refractivity contribution in [3.8, 4) is 0 Å². The molecule has 118 valence electrons. The molecule has 0 bridgehead atoms. The number of hydrogen-bond acceptors (Lipinski definition) is 3. The van der Waals surface area contributed by atoms with E-state index >= 15 is 0 Å². The van der Waals surface area contributed by atoms with Crippen molar-refractivity contribution in [1.29, 1.82) is 0 Å². The van der Waals surface area contributed by atoms with E-state index in [2.05, 4.69) is 18.7 Å². The maximum Gasteiger partial charge on any atom is 0.169 e. The molecule has 1 aliphatic carbocycles. The first-order chi connectivity index (χ1) is 9.91. The highest BCUT2D eigenvalue weighted by Gasteiger charge is 2.28. The molecule has 0 heterocycles. The molecule has 21 heavy (non-hydrogen) atoms. The second kappa shape index (κ2) is 6.73. The molecule has 0 saturated heterocycles. The smallest absolute Gasteiger partial charge is 0.169 e. The van der Waals surface area contributed by atoms with E-state index in [1.54, 1.807) is 6.07 Å². The Balaban J connectivity index is 2.37. The number of rotatable bonds is 5. The van der Waals surface area contributed by atoms with Crippen LogP contribution in [0, 0.1) is 11.7 Å². The van der Waals surface area contributed by atoms with Gasteiger partial charge in [-0.2, -0.15) is 0 Å². The van der Waals surface area contributed by atoms with Crippen molar-refractivity contribution in [3.63, 3.8) is 0 Å². The Morgan fingerprint density at radius 1 is 1.29 bits per heavy atom. The van der Waals surface area contributed by atoms with Crippen molar-refractivity contribution in [1.82, 2.24) is 0 Å². The highest BCUT2D eigenvalue weighted by Crippen LogP contribution is 2.39. The molecule has 4 N–H and O–H groups in total. The van der Waals surface area contributed by atoms with E-state index in [9.17, 15) is 4.39 Å². The molecule has 1 fully saturated rings. The Bertz CT molecular complexity index is 499. The highest BCUT2D eigenvalue weighted by atomic mass is 35.5. The Kier molecular flexibility index (Phi) is 5.20. The van der Waals surface area contributed by atoms with Crippen molar-refractivity contribution >= 4 is 28.7 Å². The summed E-state index contributed by atoms with van der Waals surface area (Å²) in [6.07, 6.45) is 5.54. The minimum absolute atomic E-state index is 0.0215. The van der Waals surface area contributed by atoms with Gasteiger partial charge in [0.2, 0.25) is 0 Å². The van der Waals surface area contributed by atoms with Crippen molar-refractivity contribution < 1.29 is 4.39 Å². The van der Waals surface area contributed by atoms with E-state index in [0.717, 1.165) is 25.8 Å². The number of anilines is 3. The third kappa shape index (κ3) is 3.54. The van der Waals surface area contributed by atoms with Crippen LogP contribution in [-0.4, -0.2) is 12.6 Å². The molecule has 1 saturated carbocycles. The van der Waals surface area contributed by atoms with Crippen LogP contribution in [-0.2, 0) is 0 Å². The summed E-state index contributed by atoms with van der Waals surface area (Å²) < 4.78 is 14.6. The molecule has 0 aromatic heterocycles. The zero-order valence-corrected chi connectivity index (χ0v) is 13.6. The highest BCUT2D eigenvalue weighted by molar-refractivity contribution is 6.33. The summed E-state index contributed by atoms with van der Waals surface area (Å²) in [5, 5.41) is -0.0215. The van der Waals surface area contributed by atoms with E-state index < -0.39 is 5.82 Å². The minimum Gasteiger partial charge on any atom is -0.397 e. The molecule has 0 atom stereocenters. The van der Waals surface area contributed by atoms with Crippen LogP contribution in [0.2, 0.25) is 5.02 Å². The number of nitrogens with zero attached hydrogens (tertiary/aromatic N) is 1. The van der Waals surface area contributed by atoms with Crippen LogP contribution in [0.4, 0.5) is 21.5 Å². The zero-order chi connectivity index (χ0) is 15.6. The molecule has 0 aliphatic heterocycles. The molecule has 0 unspecified atom stereocenters. The Morgan fingerprint density at radius 2 is 1.90 bits per heavy atom. The lowest BCUT2D eigenvalue weighted by Gasteiger charge is -2.33. The minimum atomic E-state index is -0.482. The molecule has 0 spiro atoms. The lowest BCUT2D eigenvalue weighted by atomic mass is 10.1. The summed E-state index contributed by atoms with van der Waals surface area (Å²) in [6, 6.07) is 1.91. The Hall–Kier alpha value is -1.16. The van der Waals surface area contributed by atoms with E-state index in [-0.39, 0.29) is 10.7 Å². The molecule has 5 heteroatoms. The van der Waals surface area contributed by atoms with Crippen LogP contribution in [0.5, 0.6) is 0 Å². The van der Waals surface area contributed by atoms with E-state index in [1.807, 2.05) is 0 Å². The number of hydrogen-bond donors (Lipinski definition) is 2. The first-order valence-corrected chi connectivity index (χ1v) is 8.09. The first-order valence-electron chi connectivity index (χ1n) is 7.71. The quantitative estimate of drug-likeness (QED) is 0.790. The maximum absolute atomic E-state index is 14.6. The number of halogens is 2. The van der Waals surface area contributed by atoms with Gasteiger partial charge in [0, 0.05) is 12.6 Å². The maximum atomic E-state index is 14.6. The summed E-state index contributed by atoms with van der Waals surface area (Å²) in [7, 11) is 0. The lowest BCUT2D eigenvalue weighted by Crippen LogP contribution is -2.36. The van der Waals surface area contributed by atoms with Gasteiger partial charge in [0.05, 0.1) is 17.1 Å². The zero-order valence-electron chi connectivity index (χ0n) is 12.8. The van der Waals surface area contributed by atoms with Gasteiger partial charge in [-0.15, -0.1) is 0 Å². The van der Waals surface area contributed by atoms with Crippen LogP contribution in [0.25, 0.3) is 0 Å². The normalized spacial score (nSPS) is 15.9. The van der Waals surface area contributed by atoms with Gasteiger partial charge < -0.3 is 16.4 Å². The topological polar surface area (TPSA) is 55.3 Å². The first kappa shape index (κ1) is 16.2. The average Bonchev–Trinajstić information content (AvgIpc) is 2.93. The average molecular weight is 314 g/mol. The van der Waals surface area contributed by atoms with Crippen LogP contribution >= 0.6 is 11.6 Å². The largest absolute Gasteiger partial charge is 0.397 e. The van der Waals surface area contributed by atoms with Gasteiger partial charge in [0.25, 0.3) is 0 Å². The molecule has 0 amide bonds. The molecule has 2 rings (SSSR count). The summed E-state index contributed by atoms with van der Waals surface area (Å²) in [4.78, 5) is 2.11. The second-order valence-electron chi connectivity index (χ2n) is 6.35. The SMILES string of the molecule is CC(C)CCN(c1c(N)cc(N)c(Cl)c1F)C1CCCC1.